The summed E-state index contributed by atoms with van der Waals surface area (Å²) in [5.41, 5.74) is 28.6. The summed E-state index contributed by atoms with van der Waals surface area (Å²) in [6, 6.07) is -12.9. The van der Waals surface area contributed by atoms with Crippen LogP contribution in [0.2, 0.25) is 0 Å². The third kappa shape index (κ3) is 41.6. The number of rotatable bonds is 60. The summed E-state index contributed by atoms with van der Waals surface area (Å²) in [6.07, 6.45) is -3.20. The van der Waals surface area contributed by atoms with Crippen LogP contribution in [0.1, 0.15) is 156 Å². The van der Waals surface area contributed by atoms with E-state index in [1.807, 2.05) is 0 Å². The number of aromatic nitrogens is 1. The van der Waals surface area contributed by atoms with Crippen LogP contribution in [0.4, 0.5) is 0 Å². The van der Waals surface area contributed by atoms with Crippen LogP contribution in [-0.4, -0.2) is 267 Å². The van der Waals surface area contributed by atoms with Crippen molar-refractivity contribution in [3.63, 3.8) is 0 Å². The van der Waals surface area contributed by atoms with Crippen molar-refractivity contribution in [2.45, 2.75) is 230 Å². The molecular weight excluding hydrogens is 1590 g/mol. The lowest BCUT2D eigenvalue weighted by atomic mass is 9.96. The number of aliphatic hydroxyl groups is 1. The molecule has 676 valence electrons. The second-order valence-corrected chi connectivity index (χ2v) is 29.7. The minimum Gasteiger partial charge on any atom is -0.481 e. The first-order valence-electron chi connectivity index (χ1n) is 39.6. The molecule has 0 saturated carbocycles. The van der Waals surface area contributed by atoms with Gasteiger partial charge in [-0.15, -0.1) is 0 Å². The lowest BCUT2D eigenvalue weighted by Gasteiger charge is -2.30. The van der Waals surface area contributed by atoms with E-state index in [1.165, 1.54) is 6.20 Å². The van der Waals surface area contributed by atoms with E-state index < -0.39 is 262 Å². The van der Waals surface area contributed by atoms with Gasteiger partial charge in [-0.2, -0.15) is 0 Å². The molecule has 0 saturated heterocycles. The number of aromatic amines is 1. The third-order valence-electron chi connectivity index (χ3n) is 18.6. The number of H-pyrrole nitrogens is 1. The Morgan fingerprint density at radius 2 is 0.802 bits per heavy atom. The molecule has 121 heavy (non-hydrogen) atoms. The van der Waals surface area contributed by atoms with Gasteiger partial charge >= 0.3 is 23.9 Å². The number of para-hydroxylation sites is 1. The summed E-state index contributed by atoms with van der Waals surface area (Å²) >= 11 is 0. The highest BCUT2D eigenvalue weighted by molar-refractivity contribution is 6.01. The number of carboxylic acid groups (broad SMARTS) is 4. The van der Waals surface area contributed by atoms with E-state index in [4.69, 9.17) is 50.0 Å². The van der Waals surface area contributed by atoms with Gasteiger partial charge in [0.05, 0.1) is 26.1 Å². The highest BCUT2D eigenvalue weighted by Gasteiger charge is 2.39. The maximum Gasteiger partial charge on any atom is 0.326 e. The van der Waals surface area contributed by atoms with Crippen LogP contribution in [0.3, 0.4) is 0 Å². The van der Waals surface area contributed by atoms with Crippen LogP contribution in [0.5, 0.6) is 0 Å². The number of carboxylic acids is 4. The zero-order chi connectivity index (χ0) is 91.2. The van der Waals surface area contributed by atoms with E-state index in [1.54, 1.807) is 65.8 Å². The molecule has 35 N–H and O–H groups in total. The lowest BCUT2D eigenvalue weighted by Crippen LogP contribution is -2.61. The van der Waals surface area contributed by atoms with Gasteiger partial charge in [-0.25, -0.2) is 4.79 Å². The molecule has 0 bridgehead atoms. The van der Waals surface area contributed by atoms with Crippen LogP contribution in [-0.2, 0) is 87.9 Å². The molecule has 13 amide bonds. The number of carbonyl (C=O) groups excluding carboxylic acids is 13. The molecule has 0 unspecified atom stereocenters. The number of aliphatic carboxylic acids is 4. The van der Waals surface area contributed by atoms with E-state index in [2.05, 4.69) is 90.1 Å². The van der Waals surface area contributed by atoms with Crippen molar-refractivity contribution in [3.05, 3.63) is 36.0 Å². The number of unbranched alkanes of at least 4 members (excludes halogenated alkanes) is 1. The predicted octanol–water partition coefficient (Wildman–Crippen LogP) is -7.06. The Labute approximate surface area is 698 Å². The van der Waals surface area contributed by atoms with Gasteiger partial charge in [0, 0.05) is 56.0 Å². The number of nitrogens with two attached hydrogens (primary N) is 5. The highest BCUT2D eigenvalue weighted by atomic mass is 16.4. The Bertz CT molecular complexity index is 3880. The van der Waals surface area contributed by atoms with Crippen LogP contribution in [0, 0.1) is 34.0 Å². The summed E-state index contributed by atoms with van der Waals surface area (Å²) in [4.78, 5) is 235. The molecule has 1 heterocycles. The standard InChI is InChI=1S/C74H123N25O22/c1-7-39(6)59(70(119)93-46(19-13-27-84-73(79)80)62(111)95-50(29-37(2)3)66(115)94-49(71(120)121)20-14-28-85-74(81)82)99-65(114)44(17-10-11-25-75)90-64(113)48(22-24-57(105)106)92-68(117)52(31-40-33-86-43-16-9-8-15-41(40)43)97-61(110)45(18-12-26-83-72(77)78)91-69(118)53(32-58(107)108)98-67(116)51(30-38(4)5)96-63(112)47(21-23-56(103)104)89-55(102)35-87-54(101)34-88-60(109)42(76)36-100/h8-9,15-16,33,37-39,42,44-53,59,86,100H,7,10-14,17-32,34-36,75-76H2,1-6H3,(H,87,101)(H,88,109)(H,89,102)(H,90,113)(H,91,118)(H,92,117)(H,93,119)(H,94,115)(H,95,111)(H,96,112)(H,97,110)(H,98,116)(H,99,114)(H,103,104)(H,105,106)(H,107,108)(H,120,121)(H4,77,78,83)(H4,79,80,84)(H4,81,82,85)/t39-,42-,44-,45-,46-,47-,48-,49-,50-,51-,52-,53-,59-/m0/s1. The SMILES string of the molecule is CC[C@H](C)[C@H](NC(=O)[C@H](CCCCN)NC(=O)[C@H](CCC(=O)O)NC(=O)[C@H](Cc1c[nH]c2ccccc12)NC(=O)[C@H](CCCNC(=N)N)NC(=O)[C@H](CC(=O)O)NC(=O)[C@H](CC(C)C)NC(=O)[C@H](CCC(=O)O)NC(=O)CNC(=O)CNC(=O)[C@@H](N)CO)C(=O)N[C@@H](CCCNC(=N)N)C(=O)N[C@@H](CC(C)C)C(=O)N[C@@H](CCCNC(=N)N)C(=O)O. The Kier molecular flexibility index (Phi) is 47.7. The average molecular weight is 1710 g/mol. The largest absolute Gasteiger partial charge is 0.481 e. The van der Waals surface area contributed by atoms with Gasteiger partial charge in [-0.1, -0.05) is 66.2 Å². The van der Waals surface area contributed by atoms with Gasteiger partial charge in [-0.05, 0) is 119 Å². The fourth-order valence-electron chi connectivity index (χ4n) is 12.0. The molecule has 2 aromatic rings. The molecule has 0 fully saturated rings. The van der Waals surface area contributed by atoms with Gasteiger partial charge in [0.25, 0.3) is 0 Å². The number of amides is 13. The molecule has 0 aliphatic heterocycles. The Morgan fingerprint density at radius 1 is 0.421 bits per heavy atom. The van der Waals surface area contributed by atoms with Crippen molar-refractivity contribution in [1.82, 2.24) is 90.1 Å². The van der Waals surface area contributed by atoms with E-state index in [0.29, 0.717) is 16.5 Å². The van der Waals surface area contributed by atoms with Crippen LogP contribution in [0.25, 0.3) is 10.9 Å². The second kappa shape index (κ2) is 55.2. The van der Waals surface area contributed by atoms with Crippen molar-refractivity contribution < 1.29 is 107 Å². The fraction of sp³-hybridized carbons (Fsp3) is 0.622. The molecule has 0 radical (unpaired) electrons. The van der Waals surface area contributed by atoms with E-state index in [9.17, 15) is 92.3 Å². The van der Waals surface area contributed by atoms with Crippen LogP contribution >= 0.6 is 0 Å². The average Bonchev–Trinajstić information content (AvgIpc) is 1.71. The minimum absolute atomic E-state index is 0.0100. The minimum atomic E-state index is -2.08. The molecule has 1 aromatic heterocycles. The summed E-state index contributed by atoms with van der Waals surface area (Å²) < 4.78 is 0. The van der Waals surface area contributed by atoms with E-state index in [-0.39, 0.29) is 109 Å². The van der Waals surface area contributed by atoms with Crippen molar-refractivity contribution in [2.75, 3.05) is 45.9 Å². The number of hydrogen-bond acceptors (Lipinski definition) is 23. The van der Waals surface area contributed by atoms with Crippen LogP contribution in [0.15, 0.2) is 30.5 Å². The second-order valence-electron chi connectivity index (χ2n) is 29.7. The molecule has 13 atom stereocenters. The smallest absolute Gasteiger partial charge is 0.326 e. The molecule has 0 aliphatic rings. The Hall–Kier alpha value is -12.6. The van der Waals surface area contributed by atoms with E-state index >= 15 is 9.59 Å². The number of carbonyl (C=O) groups is 17. The van der Waals surface area contributed by atoms with E-state index in [0.717, 1.165) is 0 Å². The molecular formula is C74H123N25O22. The number of aliphatic hydroxyl groups excluding tert-OH is 1. The summed E-state index contributed by atoms with van der Waals surface area (Å²) in [6.45, 7) is 7.82. The first-order chi connectivity index (χ1) is 57.0. The maximum absolute atomic E-state index is 15.1. The summed E-state index contributed by atoms with van der Waals surface area (Å²) in [5, 5.41) is 111. The zero-order valence-corrected chi connectivity index (χ0v) is 68.8. The number of hydrogen-bond donors (Lipinski definition) is 30. The number of guanidine groups is 3. The van der Waals surface area contributed by atoms with Gasteiger partial charge in [0.15, 0.2) is 17.9 Å². The Morgan fingerprint density at radius 3 is 1.24 bits per heavy atom. The lowest BCUT2D eigenvalue weighted by molar-refractivity contribution is -0.143. The number of fused-ring (bicyclic) bond motifs is 1. The van der Waals surface area contributed by atoms with Gasteiger partial charge < -0.3 is 144 Å². The van der Waals surface area contributed by atoms with Crippen molar-refractivity contribution >= 4 is 129 Å². The molecule has 2 rings (SSSR count). The van der Waals surface area contributed by atoms with Crippen molar-refractivity contribution in [2.24, 2.45) is 46.4 Å². The van der Waals surface area contributed by atoms with Gasteiger partial charge in [0.2, 0.25) is 76.8 Å². The maximum atomic E-state index is 15.1. The highest BCUT2D eigenvalue weighted by Crippen LogP contribution is 2.21. The monoisotopic (exact) mass is 1710 g/mol. The number of benzene rings is 1. The first kappa shape index (κ1) is 105. The molecule has 0 aliphatic carbocycles. The summed E-state index contributed by atoms with van der Waals surface area (Å²) in [7, 11) is 0. The van der Waals surface area contributed by atoms with Gasteiger partial charge in [-0.3, -0.25) is 92.9 Å². The topological polar surface area (TPSA) is 801 Å². The molecule has 1 aromatic carbocycles. The molecule has 47 nitrogen and oxygen atoms in total. The molecule has 0 spiro atoms. The zero-order valence-electron chi connectivity index (χ0n) is 68.8. The summed E-state index contributed by atoms with van der Waals surface area (Å²) in [5.74, 6) is -22.4. The van der Waals surface area contributed by atoms with Crippen molar-refractivity contribution in [3.8, 4) is 0 Å². The predicted molar refractivity (Wildman–Crippen MR) is 437 cm³/mol. The Balaban J connectivity index is 2.72. The number of nitrogens with one attached hydrogen (secondary N) is 20. The first-order valence-corrected chi connectivity index (χ1v) is 39.6. The van der Waals surface area contributed by atoms with Gasteiger partial charge in [0.1, 0.15) is 72.5 Å². The third-order valence-corrected chi connectivity index (χ3v) is 18.6. The van der Waals surface area contributed by atoms with Crippen molar-refractivity contribution in [1.29, 1.82) is 16.2 Å². The normalized spacial score (nSPS) is 14.3. The fourth-order valence-corrected chi connectivity index (χ4v) is 12.0. The van der Waals surface area contributed by atoms with Crippen LogP contribution < -0.4 is 114 Å². The molecule has 47 heteroatoms. The quantitative estimate of drug-likeness (QED) is 0.0166.